The quantitative estimate of drug-likeness (QED) is 0.558. The van der Waals surface area contributed by atoms with Crippen LogP contribution in [0.3, 0.4) is 0 Å². The van der Waals surface area contributed by atoms with E-state index in [0.29, 0.717) is 11.5 Å². The first-order valence-electron chi connectivity index (χ1n) is 8.21. The summed E-state index contributed by atoms with van der Waals surface area (Å²) in [5.74, 6) is 0.869. The molecule has 1 aliphatic carbocycles. The lowest BCUT2D eigenvalue weighted by atomic mass is 9.93. The molecule has 2 N–H and O–H groups in total. The molecule has 3 aromatic carbocycles. The summed E-state index contributed by atoms with van der Waals surface area (Å²) in [5, 5.41) is 20.9. The van der Waals surface area contributed by atoms with Crippen molar-refractivity contribution in [2.75, 3.05) is 0 Å². The van der Waals surface area contributed by atoms with E-state index in [1.165, 1.54) is 22.3 Å². The van der Waals surface area contributed by atoms with Gasteiger partial charge in [0, 0.05) is 11.8 Å². The van der Waals surface area contributed by atoms with Gasteiger partial charge in [0.2, 0.25) is 0 Å². The summed E-state index contributed by atoms with van der Waals surface area (Å²) in [6.07, 6.45) is 3.64. The van der Waals surface area contributed by atoms with Crippen molar-refractivity contribution in [3.63, 3.8) is 0 Å². The number of phenols is 1. The highest BCUT2D eigenvalue weighted by Crippen LogP contribution is 2.26. The zero-order chi connectivity index (χ0) is 17.1. The molecule has 24 heavy (non-hydrogen) atoms. The van der Waals surface area contributed by atoms with Crippen LogP contribution in [0, 0.1) is 13.8 Å². The maximum Gasteiger partial charge on any atom is 0.123 e. The third kappa shape index (κ3) is 3.28. The number of aromatic hydroxyl groups is 1. The highest BCUT2D eigenvalue weighted by Gasteiger charge is 2.10. The molecular formula is C22H22O2. The maximum atomic E-state index is 9.50. The third-order valence-corrected chi connectivity index (χ3v) is 4.49. The second-order valence-corrected chi connectivity index (χ2v) is 6.23. The summed E-state index contributed by atoms with van der Waals surface area (Å²) in [6, 6.07) is 17.8. The van der Waals surface area contributed by atoms with Gasteiger partial charge in [-0.3, -0.25) is 0 Å². The van der Waals surface area contributed by atoms with Crippen LogP contribution in [0.15, 0.2) is 60.4 Å². The Balaban J connectivity index is 0.000000141. The topological polar surface area (TPSA) is 40.5 Å². The lowest BCUT2D eigenvalue weighted by Crippen LogP contribution is -2.00. The molecule has 0 atom stereocenters. The number of allylic oxidation sites excluding steroid dienone is 1. The first-order valence-corrected chi connectivity index (χ1v) is 8.21. The number of hydrogen-bond donors (Lipinski definition) is 2. The number of aryl methyl sites for hydroxylation is 3. The first kappa shape index (κ1) is 16.1. The average Bonchev–Trinajstić information content (AvgIpc) is 2.58. The zero-order valence-corrected chi connectivity index (χ0v) is 14.1. The lowest BCUT2D eigenvalue weighted by molar-refractivity contribution is 0.391. The van der Waals surface area contributed by atoms with Gasteiger partial charge < -0.3 is 10.2 Å². The van der Waals surface area contributed by atoms with Crippen molar-refractivity contribution >= 4 is 16.8 Å². The molecule has 0 bridgehead atoms. The van der Waals surface area contributed by atoms with Crippen molar-refractivity contribution in [1.29, 1.82) is 0 Å². The van der Waals surface area contributed by atoms with Crippen LogP contribution in [0.1, 0.15) is 28.7 Å². The molecule has 0 heterocycles. The van der Waals surface area contributed by atoms with E-state index >= 15 is 0 Å². The molecule has 0 fully saturated rings. The number of hydrogen-bond acceptors (Lipinski definition) is 2. The molecule has 122 valence electrons. The summed E-state index contributed by atoms with van der Waals surface area (Å²) >= 11 is 0. The van der Waals surface area contributed by atoms with Crippen LogP contribution in [-0.2, 0) is 6.42 Å². The summed E-state index contributed by atoms with van der Waals surface area (Å²) in [4.78, 5) is 0. The average molecular weight is 318 g/mol. The molecule has 0 radical (unpaired) electrons. The number of aliphatic hydroxyl groups excluding tert-OH is 1. The number of aliphatic hydroxyl groups is 1. The molecule has 0 aromatic heterocycles. The third-order valence-electron chi connectivity index (χ3n) is 4.49. The predicted molar refractivity (Wildman–Crippen MR) is 100 cm³/mol. The van der Waals surface area contributed by atoms with Gasteiger partial charge >= 0.3 is 0 Å². The van der Waals surface area contributed by atoms with E-state index in [1.807, 2.05) is 43.3 Å². The fourth-order valence-corrected chi connectivity index (χ4v) is 3.12. The minimum absolute atomic E-state index is 0.358. The van der Waals surface area contributed by atoms with Crippen LogP contribution in [0.4, 0.5) is 0 Å². The van der Waals surface area contributed by atoms with Crippen molar-refractivity contribution in [3.05, 3.63) is 82.6 Å². The monoisotopic (exact) mass is 318 g/mol. The minimum atomic E-state index is 0.358. The molecule has 0 saturated heterocycles. The van der Waals surface area contributed by atoms with Gasteiger partial charge in [0.25, 0.3) is 0 Å². The Morgan fingerprint density at radius 2 is 1.38 bits per heavy atom. The molecule has 4 rings (SSSR count). The van der Waals surface area contributed by atoms with Crippen molar-refractivity contribution in [3.8, 4) is 5.75 Å². The fourth-order valence-electron chi connectivity index (χ4n) is 3.12. The molecule has 0 unspecified atom stereocenters. The van der Waals surface area contributed by atoms with E-state index in [0.717, 1.165) is 23.6 Å². The SMILES string of the molecule is Cc1cccc2c(O)cccc12.Cc1cccc2c1C=C(O)CC2. The normalized spacial score (nSPS) is 12.8. The maximum absolute atomic E-state index is 9.50. The largest absolute Gasteiger partial charge is 0.512 e. The summed E-state index contributed by atoms with van der Waals surface area (Å²) < 4.78 is 0. The standard InChI is InChI=1S/C11H10O.C11H12O/c1-8-4-2-6-10-9(8)5-3-7-11(10)12;1-8-3-2-4-9-5-6-10(12)7-11(8)9/h2-7,12H,1H3;2-4,7,12H,5-6H2,1H3. The van der Waals surface area contributed by atoms with Gasteiger partial charge in [0.15, 0.2) is 0 Å². The second-order valence-electron chi connectivity index (χ2n) is 6.23. The fraction of sp³-hybridized carbons (Fsp3) is 0.182. The van der Waals surface area contributed by atoms with Crippen LogP contribution >= 0.6 is 0 Å². The van der Waals surface area contributed by atoms with E-state index in [4.69, 9.17) is 0 Å². The molecule has 0 amide bonds. The van der Waals surface area contributed by atoms with Gasteiger partial charge in [-0.25, -0.2) is 0 Å². The van der Waals surface area contributed by atoms with Gasteiger partial charge in [-0.15, -0.1) is 0 Å². The predicted octanol–water partition coefficient (Wildman–Crippen LogP) is 5.69. The van der Waals surface area contributed by atoms with Crippen LogP contribution in [0.2, 0.25) is 0 Å². The van der Waals surface area contributed by atoms with Gasteiger partial charge in [-0.1, -0.05) is 48.5 Å². The van der Waals surface area contributed by atoms with Crippen molar-refractivity contribution in [2.24, 2.45) is 0 Å². The Labute approximate surface area is 142 Å². The minimum Gasteiger partial charge on any atom is -0.512 e. The van der Waals surface area contributed by atoms with Gasteiger partial charge in [0.1, 0.15) is 5.75 Å². The lowest BCUT2D eigenvalue weighted by Gasteiger charge is -2.14. The van der Waals surface area contributed by atoms with E-state index in [9.17, 15) is 10.2 Å². The Morgan fingerprint density at radius 3 is 2.17 bits per heavy atom. The molecule has 0 aliphatic heterocycles. The van der Waals surface area contributed by atoms with E-state index < -0.39 is 0 Å². The molecule has 1 aliphatic rings. The summed E-state index contributed by atoms with van der Waals surface area (Å²) in [5.41, 5.74) is 5.01. The number of rotatable bonds is 0. The Morgan fingerprint density at radius 1 is 0.708 bits per heavy atom. The van der Waals surface area contributed by atoms with E-state index in [-0.39, 0.29) is 0 Å². The molecular weight excluding hydrogens is 296 g/mol. The number of fused-ring (bicyclic) bond motifs is 2. The Hall–Kier alpha value is -2.74. The van der Waals surface area contributed by atoms with Gasteiger partial charge in [-0.2, -0.15) is 0 Å². The van der Waals surface area contributed by atoms with Crippen LogP contribution in [-0.4, -0.2) is 10.2 Å². The van der Waals surface area contributed by atoms with Crippen LogP contribution in [0.25, 0.3) is 16.8 Å². The molecule has 0 saturated carbocycles. The molecule has 2 heteroatoms. The highest BCUT2D eigenvalue weighted by molar-refractivity contribution is 5.90. The molecule has 3 aromatic rings. The van der Waals surface area contributed by atoms with Crippen LogP contribution < -0.4 is 0 Å². The number of phenolic OH excluding ortho intramolecular Hbond substituents is 1. The van der Waals surface area contributed by atoms with Gasteiger partial charge in [-0.05, 0) is 60.1 Å². The van der Waals surface area contributed by atoms with Crippen molar-refractivity contribution in [2.45, 2.75) is 26.7 Å². The smallest absolute Gasteiger partial charge is 0.123 e. The van der Waals surface area contributed by atoms with Crippen molar-refractivity contribution < 1.29 is 10.2 Å². The first-order chi connectivity index (χ1) is 11.6. The van der Waals surface area contributed by atoms with E-state index in [1.54, 1.807) is 6.07 Å². The van der Waals surface area contributed by atoms with Gasteiger partial charge in [0.05, 0.1) is 5.76 Å². The van der Waals surface area contributed by atoms with Crippen LogP contribution in [0.5, 0.6) is 5.75 Å². The Bertz CT molecular complexity index is 866. The zero-order valence-electron chi connectivity index (χ0n) is 14.1. The van der Waals surface area contributed by atoms with Crippen molar-refractivity contribution in [1.82, 2.24) is 0 Å². The molecule has 0 spiro atoms. The Kier molecular flexibility index (Phi) is 4.57. The summed E-state index contributed by atoms with van der Waals surface area (Å²) in [6.45, 7) is 4.12. The second kappa shape index (κ2) is 6.79. The van der Waals surface area contributed by atoms with E-state index in [2.05, 4.69) is 25.1 Å². The molecule has 2 nitrogen and oxygen atoms in total. The number of benzene rings is 3. The summed E-state index contributed by atoms with van der Waals surface area (Å²) in [7, 11) is 0. The highest BCUT2D eigenvalue weighted by atomic mass is 16.3.